The van der Waals surface area contributed by atoms with Gasteiger partial charge in [0.15, 0.2) is 0 Å². The Balaban J connectivity index is 1.86. The molecule has 0 aromatic heterocycles. The first-order valence-electron chi connectivity index (χ1n) is 8.19. The number of benzene rings is 2. The average Bonchev–Trinajstić information content (AvgIpc) is 2.88. The van der Waals surface area contributed by atoms with E-state index in [1.165, 1.54) is 0 Å². The quantitative estimate of drug-likeness (QED) is 0.755. The minimum Gasteiger partial charge on any atom is -0.492 e. The first-order valence-corrected chi connectivity index (χ1v) is 10.4. The molecule has 1 unspecified atom stereocenters. The molecule has 136 valence electrons. The van der Waals surface area contributed by atoms with Gasteiger partial charge in [0.05, 0.1) is 12.2 Å². The van der Waals surface area contributed by atoms with Gasteiger partial charge in [-0.2, -0.15) is 0 Å². The maximum Gasteiger partial charge on any atom is 0.259 e. The Bertz CT molecular complexity index is 994. The summed E-state index contributed by atoms with van der Waals surface area (Å²) in [4.78, 5) is 13.4. The van der Waals surface area contributed by atoms with Crippen LogP contribution in [0.1, 0.15) is 29.8 Å². The van der Waals surface area contributed by atoms with E-state index < -0.39 is 9.52 Å². The van der Waals surface area contributed by atoms with Crippen molar-refractivity contribution in [3.8, 4) is 5.75 Å². The SMILES string of the molecule is C=S1(=O)C=Cc2ccc(NC(=O)c3cc(Cl)ccc3OCC(C)C)cc21. The van der Waals surface area contributed by atoms with Crippen molar-refractivity contribution in [2.45, 2.75) is 18.7 Å². The number of nitrogens with one attached hydrogen (secondary N) is 1. The molecular weight excluding hydrogens is 370 g/mol. The summed E-state index contributed by atoms with van der Waals surface area (Å²) in [5.74, 6) is 4.21. The normalized spacial score (nSPS) is 18.0. The van der Waals surface area contributed by atoms with Gasteiger partial charge in [-0.15, -0.1) is 0 Å². The van der Waals surface area contributed by atoms with Gasteiger partial charge >= 0.3 is 0 Å². The van der Waals surface area contributed by atoms with Crippen LogP contribution >= 0.6 is 11.6 Å². The van der Waals surface area contributed by atoms with E-state index in [-0.39, 0.29) is 5.91 Å². The molecule has 0 saturated carbocycles. The molecule has 0 radical (unpaired) electrons. The molecule has 0 spiro atoms. The van der Waals surface area contributed by atoms with Crippen LogP contribution in [0.4, 0.5) is 5.69 Å². The van der Waals surface area contributed by atoms with Crippen molar-refractivity contribution >= 4 is 44.7 Å². The van der Waals surface area contributed by atoms with Crippen molar-refractivity contribution in [1.29, 1.82) is 0 Å². The average molecular weight is 390 g/mol. The standard InChI is InChI=1S/C20H20ClNO3S/c1-13(2)12-25-18-7-5-15(21)10-17(18)20(23)22-16-6-4-14-8-9-26(3,24)19(14)11-16/h4-11,13H,3,12H2,1-2H3,(H,22,23). The molecule has 1 aliphatic heterocycles. The number of ether oxygens (including phenoxy) is 1. The molecule has 2 aromatic carbocycles. The number of anilines is 1. The maximum atomic E-state index is 12.7. The molecule has 3 rings (SSSR count). The number of fused-ring (bicyclic) bond motifs is 1. The van der Waals surface area contributed by atoms with Gasteiger partial charge in [0.25, 0.3) is 5.91 Å². The van der Waals surface area contributed by atoms with Crippen LogP contribution in [0.25, 0.3) is 6.08 Å². The van der Waals surface area contributed by atoms with Gasteiger partial charge in [0.2, 0.25) is 0 Å². The predicted octanol–water partition coefficient (Wildman–Crippen LogP) is 4.69. The Labute approximate surface area is 158 Å². The first-order chi connectivity index (χ1) is 12.3. The van der Waals surface area contributed by atoms with Gasteiger partial charge in [-0.1, -0.05) is 31.5 Å². The third-order valence-corrected chi connectivity index (χ3v) is 5.78. The highest BCUT2D eigenvalue weighted by Crippen LogP contribution is 2.30. The summed E-state index contributed by atoms with van der Waals surface area (Å²) in [6.45, 7) is 4.56. The van der Waals surface area contributed by atoms with Crippen LogP contribution in [0.5, 0.6) is 5.75 Å². The molecule has 4 nitrogen and oxygen atoms in total. The second kappa shape index (κ2) is 7.17. The fraction of sp³-hybridized carbons (Fsp3) is 0.200. The van der Waals surface area contributed by atoms with Crippen LogP contribution in [-0.4, -0.2) is 22.6 Å². The fourth-order valence-corrected chi connectivity index (χ4v) is 4.11. The highest BCUT2D eigenvalue weighted by atomic mass is 35.5. The zero-order chi connectivity index (χ0) is 18.9. The summed E-state index contributed by atoms with van der Waals surface area (Å²) in [6.07, 6.45) is 1.78. The lowest BCUT2D eigenvalue weighted by Gasteiger charge is -2.14. The minimum absolute atomic E-state index is 0.330. The van der Waals surface area contributed by atoms with Crippen LogP contribution in [0.15, 0.2) is 46.7 Å². The predicted molar refractivity (Wildman–Crippen MR) is 109 cm³/mol. The molecule has 0 fully saturated rings. The van der Waals surface area contributed by atoms with Crippen LogP contribution in [0.3, 0.4) is 0 Å². The number of amides is 1. The molecule has 1 aliphatic rings. The Morgan fingerprint density at radius 1 is 1.27 bits per heavy atom. The third-order valence-electron chi connectivity index (χ3n) is 3.87. The summed E-state index contributed by atoms with van der Waals surface area (Å²) in [5, 5.41) is 4.87. The Hall–Kier alpha value is -2.24. The fourth-order valence-electron chi connectivity index (χ4n) is 2.57. The van der Waals surface area contributed by atoms with E-state index in [1.54, 1.807) is 41.8 Å². The van der Waals surface area contributed by atoms with E-state index in [1.807, 2.05) is 19.9 Å². The van der Waals surface area contributed by atoms with Crippen LogP contribution in [-0.2, 0) is 9.52 Å². The van der Waals surface area contributed by atoms with Gasteiger partial charge in [-0.3, -0.25) is 9.00 Å². The lowest BCUT2D eigenvalue weighted by Crippen LogP contribution is -2.15. The van der Waals surface area contributed by atoms with Gasteiger partial charge in [0.1, 0.15) is 5.75 Å². The van der Waals surface area contributed by atoms with E-state index in [4.69, 9.17) is 16.3 Å². The van der Waals surface area contributed by atoms with Gasteiger partial charge in [-0.05, 0) is 59.2 Å². The van der Waals surface area contributed by atoms with E-state index in [2.05, 4.69) is 11.2 Å². The van der Waals surface area contributed by atoms with Gasteiger partial charge in [0, 0.05) is 25.1 Å². The van der Waals surface area contributed by atoms with Crippen molar-refractivity contribution in [1.82, 2.24) is 0 Å². The zero-order valence-electron chi connectivity index (χ0n) is 14.6. The van der Waals surface area contributed by atoms with E-state index in [0.29, 0.717) is 39.4 Å². The molecule has 1 heterocycles. The van der Waals surface area contributed by atoms with Crippen LogP contribution in [0, 0.1) is 5.92 Å². The molecule has 0 aliphatic carbocycles. The maximum absolute atomic E-state index is 12.7. The number of hydrogen-bond donors (Lipinski definition) is 1. The molecule has 1 atom stereocenters. The van der Waals surface area contributed by atoms with E-state index in [0.717, 1.165) is 5.56 Å². The second-order valence-corrected chi connectivity index (χ2v) is 9.18. The van der Waals surface area contributed by atoms with Crippen molar-refractivity contribution < 1.29 is 13.7 Å². The van der Waals surface area contributed by atoms with Crippen molar-refractivity contribution in [2.24, 2.45) is 5.92 Å². The topological polar surface area (TPSA) is 55.4 Å². The molecular formula is C20H20ClNO3S. The van der Waals surface area contributed by atoms with Crippen molar-refractivity contribution in [3.63, 3.8) is 0 Å². The molecule has 26 heavy (non-hydrogen) atoms. The van der Waals surface area contributed by atoms with Gasteiger partial charge < -0.3 is 10.1 Å². The third kappa shape index (κ3) is 3.94. The van der Waals surface area contributed by atoms with E-state index in [9.17, 15) is 9.00 Å². The van der Waals surface area contributed by atoms with E-state index >= 15 is 0 Å². The van der Waals surface area contributed by atoms with Crippen molar-refractivity contribution in [3.05, 3.63) is 58.0 Å². The van der Waals surface area contributed by atoms with Crippen LogP contribution in [0.2, 0.25) is 5.02 Å². The molecule has 1 amide bonds. The summed E-state index contributed by atoms with van der Waals surface area (Å²) < 4.78 is 18.2. The van der Waals surface area contributed by atoms with Gasteiger partial charge in [-0.25, -0.2) is 0 Å². The highest BCUT2D eigenvalue weighted by molar-refractivity contribution is 8.03. The molecule has 2 aromatic rings. The van der Waals surface area contributed by atoms with Crippen LogP contribution < -0.4 is 10.1 Å². The minimum atomic E-state index is -2.44. The molecule has 1 N–H and O–H groups in total. The molecule has 0 bridgehead atoms. The lowest BCUT2D eigenvalue weighted by atomic mass is 10.1. The smallest absolute Gasteiger partial charge is 0.259 e. The summed E-state index contributed by atoms with van der Waals surface area (Å²) in [5.41, 5.74) is 1.75. The molecule has 6 heteroatoms. The number of hydrogen-bond acceptors (Lipinski definition) is 3. The highest BCUT2D eigenvalue weighted by Gasteiger charge is 2.18. The summed E-state index contributed by atoms with van der Waals surface area (Å²) >= 11 is 6.05. The Morgan fingerprint density at radius 2 is 2.04 bits per heavy atom. The largest absolute Gasteiger partial charge is 0.492 e. The first kappa shape index (κ1) is 18.5. The second-order valence-electron chi connectivity index (χ2n) is 6.58. The Morgan fingerprint density at radius 3 is 2.77 bits per heavy atom. The molecule has 0 saturated heterocycles. The monoisotopic (exact) mass is 389 g/mol. The van der Waals surface area contributed by atoms with Crippen molar-refractivity contribution in [2.75, 3.05) is 11.9 Å². The number of carbonyl (C=O) groups is 1. The summed E-state index contributed by atoms with van der Waals surface area (Å²) in [6, 6.07) is 10.2. The zero-order valence-corrected chi connectivity index (χ0v) is 16.2. The Kier molecular flexibility index (Phi) is 5.12. The lowest BCUT2D eigenvalue weighted by molar-refractivity contribution is 0.102. The summed E-state index contributed by atoms with van der Waals surface area (Å²) in [7, 11) is -2.44. The number of carbonyl (C=O) groups excluding carboxylic acids is 1. The number of rotatable bonds is 5. The number of halogens is 1.